The van der Waals surface area contributed by atoms with Gasteiger partial charge in [-0.15, -0.1) is 0 Å². The monoisotopic (exact) mass is 369 g/mol. The van der Waals surface area contributed by atoms with Gasteiger partial charge in [0.05, 0.1) is 6.26 Å². The zero-order chi connectivity index (χ0) is 18.4. The first-order valence-corrected chi connectivity index (χ1v) is 10.5. The molecule has 1 aliphatic heterocycles. The first-order chi connectivity index (χ1) is 11.8. The Morgan fingerprint density at radius 1 is 1.32 bits per heavy atom. The SMILES string of the molecule is Cc1cccc(=O)n1CCC(=O)NCC[C@@H]1CCCCN1S(C)(=O)=O. The number of rotatable bonds is 7. The van der Waals surface area contributed by atoms with Gasteiger partial charge in [0.15, 0.2) is 0 Å². The van der Waals surface area contributed by atoms with Gasteiger partial charge in [0, 0.05) is 43.9 Å². The number of nitrogens with one attached hydrogen (secondary N) is 1. The quantitative estimate of drug-likeness (QED) is 0.772. The molecule has 8 heteroatoms. The van der Waals surface area contributed by atoms with Crippen molar-refractivity contribution in [3.63, 3.8) is 0 Å². The molecule has 0 unspecified atom stereocenters. The largest absolute Gasteiger partial charge is 0.356 e. The van der Waals surface area contributed by atoms with Gasteiger partial charge in [-0.05, 0) is 32.3 Å². The highest BCUT2D eigenvalue weighted by molar-refractivity contribution is 7.88. The molecule has 1 atom stereocenters. The molecule has 1 fully saturated rings. The van der Waals surface area contributed by atoms with Crippen LogP contribution >= 0.6 is 0 Å². The topological polar surface area (TPSA) is 88.5 Å². The maximum Gasteiger partial charge on any atom is 0.250 e. The number of amides is 1. The molecule has 7 nitrogen and oxygen atoms in total. The van der Waals surface area contributed by atoms with E-state index in [0.29, 0.717) is 26.1 Å². The van der Waals surface area contributed by atoms with Crippen LogP contribution < -0.4 is 10.9 Å². The van der Waals surface area contributed by atoms with E-state index in [4.69, 9.17) is 0 Å². The number of aromatic nitrogens is 1. The summed E-state index contributed by atoms with van der Waals surface area (Å²) in [7, 11) is -3.20. The molecule has 0 bridgehead atoms. The van der Waals surface area contributed by atoms with E-state index in [2.05, 4.69) is 5.32 Å². The molecule has 25 heavy (non-hydrogen) atoms. The van der Waals surface area contributed by atoms with Crippen molar-refractivity contribution in [2.24, 2.45) is 0 Å². The van der Waals surface area contributed by atoms with Gasteiger partial charge in [0.25, 0.3) is 5.56 Å². The molecule has 1 aromatic rings. The summed E-state index contributed by atoms with van der Waals surface area (Å²) >= 11 is 0. The molecule has 0 aliphatic carbocycles. The van der Waals surface area contributed by atoms with Crippen molar-refractivity contribution < 1.29 is 13.2 Å². The fourth-order valence-corrected chi connectivity index (χ4v) is 4.50. The minimum Gasteiger partial charge on any atom is -0.356 e. The molecule has 2 heterocycles. The third kappa shape index (κ3) is 5.67. The molecule has 0 radical (unpaired) electrons. The van der Waals surface area contributed by atoms with Gasteiger partial charge in [0.1, 0.15) is 0 Å². The normalized spacial score (nSPS) is 18.9. The molecular weight excluding hydrogens is 342 g/mol. The van der Waals surface area contributed by atoms with E-state index >= 15 is 0 Å². The first kappa shape index (κ1) is 19.7. The van der Waals surface area contributed by atoms with E-state index < -0.39 is 10.0 Å². The van der Waals surface area contributed by atoms with E-state index in [1.165, 1.54) is 12.3 Å². The molecule has 1 saturated heterocycles. The fourth-order valence-electron chi connectivity index (χ4n) is 3.29. The smallest absolute Gasteiger partial charge is 0.250 e. The van der Waals surface area contributed by atoms with E-state index in [-0.39, 0.29) is 23.9 Å². The van der Waals surface area contributed by atoms with E-state index in [9.17, 15) is 18.0 Å². The third-order valence-corrected chi connectivity index (χ3v) is 5.96. The second-order valence-electron chi connectivity index (χ2n) is 6.57. The van der Waals surface area contributed by atoms with Crippen LogP contribution in [0.25, 0.3) is 0 Å². The van der Waals surface area contributed by atoms with Crippen LogP contribution in [0.3, 0.4) is 0 Å². The predicted molar refractivity (Wildman–Crippen MR) is 96.9 cm³/mol. The zero-order valence-corrected chi connectivity index (χ0v) is 15.7. The van der Waals surface area contributed by atoms with Gasteiger partial charge < -0.3 is 9.88 Å². The average Bonchev–Trinajstić information content (AvgIpc) is 2.54. The lowest BCUT2D eigenvalue weighted by atomic mass is 10.0. The number of pyridine rings is 1. The number of sulfonamides is 1. The highest BCUT2D eigenvalue weighted by atomic mass is 32.2. The third-order valence-electron chi connectivity index (χ3n) is 4.63. The van der Waals surface area contributed by atoms with Crippen molar-refractivity contribution in [3.05, 3.63) is 34.2 Å². The van der Waals surface area contributed by atoms with Crippen molar-refractivity contribution in [2.45, 2.75) is 51.6 Å². The summed E-state index contributed by atoms with van der Waals surface area (Å²) in [6, 6.07) is 4.98. The predicted octanol–water partition coefficient (Wildman–Crippen LogP) is 0.867. The second kappa shape index (κ2) is 8.62. The molecule has 1 aliphatic rings. The number of carbonyl (C=O) groups excluding carboxylic acids is 1. The number of aryl methyl sites for hydroxylation is 1. The first-order valence-electron chi connectivity index (χ1n) is 8.69. The van der Waals surface area contributed by atoms with Gasteiger partial charge in [-0.2, -0.15) is 4.31 Å². The molecule has 2 rings (SSSR count). The van der Waals surface area contributed by atoms with Gasteiger partial charge in [0.2, 0.25) is 15.9 Å². The van der Waals surface area contributed by atoms with Crippen LogP contribution in [-0.4, -0.2) is 48.6 Å². The summed E-state index contributed by atoms with van der Waals surface area (Å²) in [4.78, 5) is 23.8. The van der Waals surface area contributed by atoms with Crippen molar-refractivity contribution in [3.8, 4) is 0 Å². The van der Waals surface area contributed by atoms with Crippen molar-refractivity contribution in [1.82, 2.24) is 14.2 Å². The van der Waals surface area contributed by atoms with Crippen LogP contribution in [0.5, 0.6) is 0 Å². The number of hydrogen-bond donors (Lipinski definition) is 1. The Morgan fingerprint density at radius 3 is 2.76 bits per heavy atom. The minimum atomic E-state index is -3.20. The lowest BCUT2D eigenvalue weighted by Gasteiger charge is -2.33. The van der Waals surface area contributed by atoms with Gasteiger partial charge in [-0.3, -0.25) is 9.59 Å². The van der Waals surface area contributed by atoms with Crippen LogP contribution in [0.1, 0.15) is 37.8 Å². The second-order valence-corrected chi connectivity index (χ2v) is 8.50. The molecule has 0 saturated carbocycles. The molecular formula is C17H27N3O4S. The van der Waals surface area contributed by atoms with E-state index in [1.807, 2.05) is 13.0 Å². The Labute approximate surface area is 149 Å². The van der Waals surface area contributed by atoms with Crippen molar-refractivity contribution in [2.75, 3.05) is 19.3 Å². The summed E-state index contributed by atoms with van der Waals surface area (Å²) in [5, 5.41) is 2.84. The molecule has 0 aromatic carbocycles. The molecule has 1 N–H and O–H groups in total. The Hall–Kier alpha value is -1.67. The van der Waals surface area contributed by atoms with Gasteiger partial charge >= 0.3 is 0 Å². The van der Waals surface area contributed by atoms with E-state index in [1.54, 1.807) is 14.9 Å². The van der Waals surface area contributed by atoms with E-state index in [0.717, 1.165) is 25.0 Å². The number of hydrogen-bond acceptors (Lipinski definition) is 4. The van der Waals surface area contributed by atoms with Crippen LogP contribution in [-0.2, 0) is 21.4 Å². The minimum absolute atomic E-state index is 0.0389. The van der Waals surface area contributed by atoms with Crippen molar-refractivity contribution in [1.29, 1.82) is 0 Å². The number of carbonyl (C=O) groups is 1. The summed E-state index contributed by atoms with van der Waals surface area (Å²) in [5.41, 5.74) is 0.713. The average molecular weight is 369 g/mol. The Morgan fingerprint density at radius 2 is 2.08 bits per heavy atom. The summed E-state index contributed by atoms with van der Waals surface area (Å²) in [5.74, 6) is -0.128. The highest BCUT2D eigenvalue weighted by Crippen LogP contribution is 2.21. The lowest BCUT2D eigenvalue weighted by Crippen LogP contribution is -2.44. The summed E-state index contributed by atoms with van der Waals surface area (Å²) in [6.45, 7) is 3.18. The lowest BCUT2D eigenvalue weighted by molar-refractivity contribution is -0.121. The maximum absolute atomic E-state index is 12.0. The molecule has 0 spiro atoms. The molecule has 1 aromatic heterocycles. The maximum atomic E-state index is 12.0. The van der Waals surface area contributed by atoms with Gasteiger partial charge in [-0.25, -0.2) is 8.42 Å². The van der Waals surface area contributed by atoms with Crippen molar-refractivity contribution >= 4 is 15.9 Å². The van der Waals surface area contributed by atoms with Crippen LogP contribution in [0.2, 0.25) is 0 Å². The number of nitrogens with zero attached hydrogens (tertiary/aromatic N) is 2. The summed E-state index contributed by atoms with van der Waals surface area (Å²) < 4.78 is 26.8. The standard InChI is InChI=1S/C17H27N3O4S/c1-14-6-5-8-17(22)19(14)13-10-16(21)18-11-9-15-7-3-4-12-20(15)25(2,23)24/h5-6,8,15H,3-4,7,9-13H2,1-2H3,(H,18,21)/t15-/m0/s1. The fraction of sp³-hybridized carbons (Fsp3) is 0.647. The summed E-state index contributed by atoms with van der Waals surface area (Å²) in [6.07, 6.45) is 4.82. The van der Waals surface area contributed by atoms with Crippen LogP contribution in [0.4, 0.5) is 0 Å². The van der Waals surface area contributed by atoms with Crippen LogP contribution in [0.15, 0.2) is 23.0 Å². The number of piperidine rings is 1. The van der Waals surface area contributed by atoms with Gasteiger partial charge in [-0.1, -0.05) is 12.5 Å². The zero-order valence-electron chi connectivity index (χ0n) is 14.9. The molecule has 140 valence electrons. The molecule has 1 amide bonds. The Balaban J connectivity index is 1.79. The highest BCUT2D eigenvalue weighted by Gasteiger charge is 2.28. The Bertz CT molecular complexity index is 757. The Kier molecular flexibility index (Phi) is 6.78. The van der Waals surface area contributed by atoms with Crippen LogP contribution in [0, 0.1) is 6.92 Å².